The van der Waals surface area contributed by atoms with Crippen molar-refractivity contribution in [2.24, 2.45) is 0 Å². The van der Waals surface area contributed by atoms with E-state index < -0.39 is 5.97 Å². The van der Waals surface area contributed by atoms with Crippen molar-refractivity contribution in [3.05, 3.63) is 37.1 Å². The van der Waals surface area contributed by atoms with Gasteiger partial charge in [0.25, 0.3) is 0 Å². The standard InChI is InChI=1S/C4H7ClO.C4H5N.C4H6O2.C2H6O2/c1-2-6-4-3-5;1-4(2)3-5;1-3(2)4(5)6;3-1-2-4/h2H,1,3-4H2;1H2,2H3;1H2,2H3,(H,5,6);3-4H,1-2H2. The summed E-state index contributed by atoms with van der Waals surface area (Å²) < 4.78 is 4.61. The lowest BCUT2D eigenvalue weighted by Crippen LogP contribution is -1.92. The van der Waals surface area contributed by atoms with Crippen LogP contribution in [-0.2, 0) is 9.53 Å². The predicted octanol–water partition coefficient (Wildman–Crippen LogP) is 2.09. The number of allylic oxidation sites excluding steroid dienone is 1. The third-order valence-electron chi connectivity index (χ3n) is 0.969. The molecule has 0 bridgehead atoms. The van der Waals surface area contributed by atoms with Gasteiger partial charge in [-0.1, -0.05) is 19.7 Å². The second-order valence-electron chi connectivity index (χ2n) is 3.15. The molecule has 3 N–H and O–H groups in total. The smallest absolute Gasteiger partial charge is 0.330 e. The number of nitriles is 1. The summed E-state index contributed by atoms with van der Waals surface area (Å²) in [6, 6.07) is 1.83. The lowest BCUT2D eigenvalue weighted by molar-refractivity contribution is -0.132. The molecule has 6 nitrogen and oxygen atoms in total. The molecule has 0 aliphatic rings. The largest absolute Gasteiger partial charge is 0.501 e. The van der Waals surface area contributed by atoms with Crippen molar-refractivity contribution in [3.63, 3.8) is 0 Å². The average Bonchev–Trinajstić information content (AvgIpc) is 2.46. The summed E-state index contributed by atoms with van der Waals surface area (Å²) in [7, 11) is 0. The number of carbonyl (C=O) groups is 1. The monoisotopic (exact) mass is 321 g/mol. The maximum absolute atomic E-state index is 9.60. The summed E-state index contributed by atoms with van der Waals surface area (Å²) in [6.07, 6.45) is 1.38. The molecule has 0 atom stereocenters. The molecule has 0 aromatic rings. The molecule has 0 radical (unpaired) electrons. The Morgan fingerprint density at radius 1 is 1.33 bits per heavy atom. The highest BCUT2D eigenvalue weighted by atomic mass is 35.5. The molecule has 0 saturated heterocycles. The molecule has 0 fully saturated rings. The summed E-state index contributed by atoms with van der Waals surface area (Å²) >= 11 is 5.21. The summed E-state index contributed by atoms with van der Waals surface area (Å²) in [5.41, 5.74) is 0.736. The molecule has 0 saturated carbocycles. The number of aliphatic carboxylic acids is 1. The van der Waals surface area contributed by atoms with Gasteiger partial charge in [0.2, 0.25) is 0 Å². The quantitative estimate of drug-likeness (QED) is 0.235. The average molecular weight is 322 g/mol. The Hall–Kier alpha value is -1.81. The number of ether oxygens (including phenoxy) is 1. The first-order valence-electron chi connectivity index (χ1n) is 5.69. The van der Waals surface area contributed by atoms with Crippen molar-refractivity contribution in [3.8, 4) is 6.07 Å². The van der Waals surface area contributed by atoms with Gasteiger partial charge in [0.1, 0.15) is 6.61 Å². The van der Waals surface area contributed by atoms with E-state index in [1.807, 2.05) is 6.07 Å². The van der Waals surface area contributed by atoms with E-state index in [4.69, 9.17) is 32.2 Å². The van der Waals surface area contributed by atoms with Crippen molar-refractivity contribution < 1.29 is 24.9 Å². The van der Waals surface area contributed by atoms with Crippen molar-refractivity contribution in [2.45, 2.75) is 13.8 Å². The number of rotatable bonds is 5. The van der Waals surface area contributed by atoms with Crippen LogP contribution in [0.5, 0.6) is 0 Å². The van der Waals surface area contributed by atoms with Gasteiger partial charge in [0, 0.05) is 11.1 Å². The predicted molar refractivity (Wildman–Crippen MR) is 83.9 cm³/mol. The van der Waals surface area contributed by atoms with Crippen LogP contribution in [0.3, 0.4) is 0 Å². The second kappa shape index (κ2) is 26.7. The van der Waals surface area contributed by atoms with Gasteiger partial charge in [-0.3, -0.25) is 0 Å². The first-order valence-corrected chi connectivity index (χ1v) is 6.23. The zero-order valence-corrected chi connectivity index (χ0v) is 13.3. The molecule has 0 aromatic heterocycles. The van der Waals surface area contributed by atoms with Crippen LogP contribution in [0.4, 0.5) is 0 Å². The van der Waals surface area contributed by atoms with Gasteiger partial charge < -0.3 is 20.1 Å². The minimum atomic E-state index is -0.935. The van der Waals surface area contributed by atoms with Gasteiger partial charge in [-0.25, -0.2) is 4.79 Å². The first kappa shape index (κ1) is 27.5. The number of hydrogen-bond donors (Lipinski definition) is 3. The molecule has 0 unspecified atom stereocenters. The SMILES string of the molecule is C=C(C)C#N.C=C(C)C(=O)O.C=COCCCl.OCCO. The second-order valence-corrected chi connectivity index (χ2v) is 3.53. The van der Waals surface area contributed by atoms with E-state index in [-0.39, 0.29) is 18.8 Å². The van der Waals surface area contributed by atoms with E-state index in [2.05, 4.69) is 24.5 Å². The number of alkyl halides is 1. The van der Waals surface area contributed by atoms with E-state index in [0.717, 1.165) is 0 Å². The summed E-state index contributed by atoms with van der Waals surface area (Å²) in [5, 5.41) is 30.9. The maximum atomic E-state index is 9.60. The lowest BCUT2D eigenvalue weighted by Gasteiger charge is -1.89. The van der Waals surface area contributed by atoms with Crippen LogP contribution in [0.15, 0.2) is 37.1 Å². The van der Waals surface area contributed by atoms with Gasteiger partial charge in [0.15, 0.2) is 0 Å². The van der Waals surface area contributed by atoms with Gasteiger partial charge in [0.05, 0.1) is 31.4 Å². The number of hydrogen-bond acceptors (Lipinski definition) is 5. The van der Waals surface area contributed by atoms with Crippen molar-refractivity contribution >= 4 is 17.6 Å². The minimum absolute atomic E-state index is 0.125. The molecule has 0 rings (SSSR count). The summed E-state index contributed by atoms with van der Waals surface area (Å²) in [6.45, 7) is 13.2. The van der Waals surface area contributed by atoms with Crippen LogP contribution in [0, 0.1) is 11.3 Å². The highest BCUT2D eigenvalue weighted by molar-refractivity contribution is 6.17. The normalized spacial score (nSPS) is 7.05. The fourth-order valence-electron chi connectivity index (χ4n) is 0.128. The van der Waals surface area contributed by atoms with Gasteiger partial charge in [-0.05, 0) is 13.8 Å². The number of carboxylic acids is 1. The highest BCUT2D eigenvalue weighted by Gasteiger charge is 1.90. The third kappa shape index (κ3) is 71.1. The lowest BCUT2D eigenvalue weighted by atomic mass is 10.4. The van der Waals surface area contributed by atoms with Crippen molar-refractivity contribution in [1.29, 1.82) is 5.26 Å². The zero-order chi connectivity index (χ0) is 17.7. The van der Waals surface area contributed by atoms with Crippen LogP contribution in [0.2, 0.25) is 0 Å². The van der Waals surface area contributed by atoms with Gasteiger partial charge in [-0.15, -0.1) is 11.6 Å². The Morgan fingerprint density at radius 3 is 1.71 bits per heavy atom. The van der Waals surface area contributed by atoms with Crippen LogP contribution in [-0.4, -0.2) is 47.0 Å². The van der Waals surface area contributed by atoms with Gasteiger partial charge >= 0.3 is 5.97 Å². The minimum Gasteiger partial charge on any atom is -0.501 e. The van der Waals surface area contributed by atoms with Crippen LogP contribution < -0.4 is 0 Å². The molecule has 0 aromatic carbocycles. The van der Waals surface area contributed by atoms with Gasteiger partial charge in [-0.2, -0.15) is 5.26 Å². The van der Waals surface area contributed by atoms with E-state index in [9.17, 15) is 4.79 Å². The number of aliphatic hydroxyl groups is 2. The fourth-order valence-corrected chi connectivity index (χ4v) is 0.217. The Bertz CT molecular complexity index is 310. The molecular formula is C14H24ClNO5. The van der Waals surface area contributed by atoms with Crippen LogP contribution >= 0.6 is 11.6 Å². The molecule has 122 valence electrons. The number of nitrogens with zero attached hydrogens (tertiary/aromatic N) is 1. The Morgan fingerprint density at radius 2 is 1.67 bits per heavy atom. The van der Waals surface area contributed by atoms with Crippen molar-refractivity contribution in [2.75, 3.05) is 25.7 Å². The molecule has 0 heterocycles. The van der Waals surface area contributed by atoms with E-state index >= 15 is 0 Å². The van der Waals surface area contributed by atoms with Crippen LogP contribution in [0.1, 0.15) is 13.8 Å². The van der Waals surface area contributed by atoms with Crippen LogP contribution in [0.25, 0.3) is 0 Å². The fraction of sp³-hybridized carbons (Fsp3) is 0.429. The summed E-state index contributed by atoms with van der Waals surface area (Å²) in [5.74, 6) is -0.401. The number of halogens is 1. The molecule has 0 aliphatic carbocycles. The molecule has 0 spiro atoms. The Kier molecular flexibility index (Phi) is 35.0. The van der Waals surface area contributed by atoms with E-state index in [1.165, 1.54) is 13.2 Å². The first-order chi connectivity index (χ1) is 9.74. The number of carboxylic acid groups (broad SMARTS) is 1. The van der Waals surface area contributed by atoms with Crippen molar-refractivity contribution in [1.82, 2.24) is 0 Å². The number of aliphatic hydroxyl groups excluding tert-OH is 2. The molecule has 7 heteroatoms. The zero-order valence-electron chi connectivity index (χ0n) is 12.5. The highest BCUT2D eigenvalue weighted by Crippen LogP contribution is 1.81. The van der Waals surface area contributed by atoms with E-state index in [0.29, 0.717) is 18.1 Å². The third-order valence-corrected chi connectivity index (χ3v) is 1.12. The molecule has 21 heavy (non-hydrogen) atoms. The Balaban J connectivity index is -0.0000000929. The van der Waals surface area contributed by atoms with E-state index in [1.54, 1.807) is 6.92 Å². The maximum Gasteiger partial charge on any atom is 0.330 e. The molecule has 0 amide bonds. The Labute approximate surface area is 131 Å². The topological polar surface area (TPSA) is 111 Å². The molecular weight excluding hydrogens is 298 g/mol. The molecule has 0 aliphatic heterocycles. The summed E-state index contributed by atoms with van der Waals surface area (Å²) in [4.78, 5) is 9.60.